The highest BCUT2D eigenvalue weighted by molar-refractivity contribution is 7.89. The molecule has 0 N–H and O–H groups in total. The Morgan fingerprint density at radius 2 is 1.59 bits per heavy atom. The van der Waals surface area contributed by atoms with E-state index in [9.17, 15) is 8.42 Å². The number of nitrogens with zero attached hydrogens (tertiary/aromatic N) is 2. The van der Waals surface area contributed by atoms with E-state index in [0.29, 0.717) is 55.9 Å². The highest BCUT2D eigenvalue weighted by Crippen LogP contribution is 2.31. The van der Waals surface area contributed by atoms with Gasteiger partial charge in [-0.05, 0) is 42.3 Å². The number of hydrogen-bond donors (Lipinski definition) is 0. The lowest BCUT2D eigenvalue weighted by Crippen LogP contribution is -2.49. The van der Waals surface area contributed by atoms with Crippen molar-refractivity contribution in [1.82, 2.24) is 9.21 Å². The van der Waals surface area contributed by atoms with Crippen LogP contribution in [0.3, 0.4) is 0 Å². The molecule has 0 aromatic heterocycles. The molecule has 4 rings (SSSR count). The van der Waals surface area contributed by atoms with Crippen LogP contribution in [0.2, 0.25) is 5.02 Å². The summed E-state index contributed by atoms with van der Waals surface area (Å²) in [5.41, 5.74) is 3.35. The fourth-order valence-electron chi connectivity index (χ4n) is 4.44. The second kappa shape index (κ2) is 12.3. The third kappa shape index (κ3) is 6.83. The Morgan fingerprint density at radius 1 is 0.892 bits per heavy atom. The van der Waals surface area contributed by atoms with Crippen LogP contribution in [0.15, 0.2) is 71.6 Å². The Morgan fingerprint density at radius 3 is 2.24 bits per heavy atom. The summed E-state index contributed by atoms with van der Waals surface area (Å²) in [4.78, 5) is 2.44. The first-order chi connectivity index (χ1) is 17.8. The van der Waals surface area contributed by atoms with E-state index in [1.807, 2.05) is 30.3 Å². The summed E-state index contributed by atoms with van der Waals surface area (Å²) in [6.07, 6.45) is -0.174. The number of piperazine rings is 1. The molecule has 3 aromatic carbocycles. The van der Waals surface area contributed by atoms with Gasteiger partial charge in [-0.3, -0.25) is 4.90 Å². The van der Waals surface area contributed by atoms with Crippen LogP contribution in [-0.4, -0.2) is 64.6 Å². The van der Waals surface area contributed by atoms with Crippen LogP contribution < -0.4 is 9.47 Å². The summed E-state index contributed by atoms with van der Waals surface area (Å²) in [6, 6.07) is 20.7. The van der Waals surface area contributed by atoms with Crippen LogP contribution in [0.5, 0.6) is 11.5 Å². The molecule has 7 nitrogen and oxygen atoms in total. The fraction of sp³-hybridized carbons (Fsp3) is 0.357. The quantitative estimate of drug-likeness (QED) is 0.360. The van der Waals surface area contributed by atoms with Gasteiger partial charge in [0, 0.05) is 43.8 Å². The third-order valence-corrected chi connectivity index (χ3v) is 8.67. The number of aryl methyl sites for hydroxylation is 1. The SMILES string of the molecule is COc1ccc(S(=O)(=O)N2CCN(CC(OCc3cccc(C)c3)c3ccc(Cl)cc3)CC2)cc1OC. The average molecular weight is 545 g/mol. The van der Waals surface area contributed by atoms with Crippen LogP contribution in [0.1, 0.15) is 22.8 Å². The average Bonchev–Trinajstić information content (AvgIpc) is 2.91. The number of sulfonamides is 1. The van der Waals surface area contributed by atoms with Crippen molar-refractivity contribution >= 4 is 21.6 Å². The van der Waals surface area contributed by atoms with Crippen LogP contribution >= 0.6 is 11.6 Å². The predicted octanol–water partition coefficient (Wildman–Crippen LogP) is 4.93. The second-order valence-electron chi connectivity index (χ2n) is 9.06. The number of rotatable bonds is 10. The second-order valence-corrected chi connectivity index (χ2v) is 11.4. The molecule has 0 spiro atoms. The van der Waals surface area contributed by atoms with E-state index in [2.05, 4.69) is 30.0 Å². The fourth-order valence-corrected chi connectivity index (χ4v) is 6.01. The largest absolute Gasteiger partial charge is 0.493 e. The zero-order chi connectivity index (χ0) is 26.4. The van der Waals surface area contributed by atoms with Crippen molar-refractivity contribution in [3.05, 3.63) is 88.4 Å². The molecule has 1 saturated heterocycles. The summed E-state index contributed by atoms with van der Waals surface area (Å²) in [5.74, 6) is 0.879. The topological polar surface area (TPSA) is 68.3 Å². The Balaban J connectivity index is 1.43. The lowest BCUT2D eigenvalue weighted by Gasteiger charge is -2.36. The van der Waals surface area contributed by atoms with Gasteiger partial charge in [-0.2, -0.15) is 4.31 Å². The molecule has 1 unspecified atom stereocenters. The molecular weight excluding hydrogens is 512 g/mol. The first kappa shape index (κ1) is 27.4. The first-order valence-electron chi connectivity index (χ1n) is 12.2. The van der Waals surface area contributed by atoms with E-state index in [4.69, 9.17) is 25.8 Å². The van der Waals surface area contributed by atoms with Crippen molar-refractivity contribution in [2.75, 3.05) is 46.9 Å². The van der Waals surface area contributed by atoms with Crippen LogP contribution in [0.4, 0.5) is 0 Å². The van der Waals surface area contributed by atoms with Crippen molar-refractivity contribution in [1.29, 1.82) is 0 Å². The van der Waals surface area contributed by atoms with Crippen molar-refractivity contribution < 1.29 is 22.6 Å². The van der Waals surface area contributed by atoms with Gasteiger partial charge >= 0.3 is 0 Å². The zero-order valence-corrected chi connectivity index (χ0v) is 23.0. The lowest BCUT2D eigenvalue weighted by molar-refractivity contribution is 0.00771. The van der Waals surface area contributed by atoms with Gasteiger partial charge in [-0.25, -0.2) is 8.42 Å². The molecule has 0 saturated carbocycles. The van der Waals surface area contributed by atoms with Crippen molar-refractivity contribution in [3.8, 4) is 11.5 Å². The van der Waals surface area contributed by atoms with Gasteiger partial charge < -0.3 is 14.2 Å². The maximum absolute atomic E-state index is 13.3. The first-order valence-corrected chi connectivity index (χ1v) is 14.0. The molecule has 0 amide bonds. The molecule has 1 aliphatic rings. The monoisotopic (exact) mass is 544 g/mol. The Hall–Kier alpha value is -2.62. The highest BCUT2D eigenvalue weighted by atomic mass is 35.5. The van der Waals surface area contributed by atoms with Gasteiger partial charge in [-0.1, -0.05) is 53.6 Å². The molecule has 9 heteroatoms. The summed E-state index contributed by atoms with van der Waals surface area (Å²) in [7, 11) is -0.641. The number of methoxy groups -OCH3 is 2. The molecule has 1 atom stereocenters. The molecule has 3 aromatic rings. The number of hydrogen-bond acceptors (Lipinski definition) is 6. The van der Waals surface area contributed by atoms with Crippen LogP contribution in [-0.2, 0) is 21.4 Å². The van der Waals surface area contributed by atoms with E-state index in [1.54, 1.807) is 12.1 Å². The molecule has 198 valence electrons. The molecule has 37 heavy (non-hydrogen) atoms. The molecule has 0 aliphatic carbocycles. The van der Waals surface area contributed by atoms with Gasteiger partial charge in [0.05, 0.1) is 31.8 Å². The third-order valence-electron chi connectivity index (χ3n) is 6.52. The molecular formula is C28H33ClN2O5S. The summed E-state index contributed by atoms with van der Waals surface area (Å²) < 4.78 is 45.0. The standard InChI is InChI=1S/C28H33ClN2O5S/c1-21-5-4-6-22(17-21)20-36-28(23-7-9-24(29)10-8-23)19-30-13-15-31(16-14-30)37(32,33)25-11-12-26(34-2)27(18-25)35-3/h4-12,17-18,28H,13-16,19-20H2,1-3H3. The van der Waals surface area contributed by atoms with Gasteiger partial charge in [0.25, 0.3) is 0 Å². The minimum atomic E-state index is -3.65. The van der Waals surface area contributed by atoms with Gasteiger partial charge in [0.1, 0.15) is 0 Å². The van der Waals surface area contributed by atoms with E-state index in [-0.39, 0.29) is 11.0 Å². The molecule has 1 aliphatic heterocycles. The molecule has 1 fully saturated rings. The number of halogens is 1. The molecule has 0 radical (unpaired) electrons. The van der Waals surface area contributed by atoms with E-state index in [1.165, 1.54) is 30.2 Å². The lowest BCUT2D eigenvalue weighted by atomic mass is 10.1. The summed E-state index contributed by atoms with van der Waals surface area (Å²) in [6.45, 7) is 5.19. The minimum Gasteiger partial charge on any atom is -0.493 e. The van der Waals surface area contributed by atoms with Crippen LogP contribution in [0.25, 0.3) is 0 Å². The maximum atomic E-state index is 13.3. The highest BCUT2D eigenvalue weighted by Gasteiger charge is 2.30. The van der Waals surface area contributed by atoms with Gasteiger partial charge in [-0.15, -0.1) is 0 Å². The van der Waals surface area contributed by atoms with E-state index < -0.39 is 10.0 Å². The molecule has 1 heterocycles. The minimum absolute atomic E-state index is 0.174. The van der Waals surface area contributed by atoms with Crippen LogP contribution in [0, 0.1) is 6.92 Å². The van der Waals surface area contributed by atoms with Crippen molar-refractivity contribution in [2.24, 2.45) is 0 Å². The van der Waals surface area contributed by atoms with Gasteiger partial charge in [0.15, 0.2) is 11.5 Å². The number of benzene rings is 3. The summed E-state index contributed by atoms with van der Waals surface area (Å²) in [5, 5.41) is 0.676. The molecule has 0 bridgehead atoms. The smallest absolute Gasteiger partial charge is 0.243 e. The van der Waals surface area contributed by atoms with E-state index in [0.717, 1.165) is 11.1 Å². The maximum Gasteiger partial charge on any atom is 0.243 e. The Labute approximate surface area is 224 Å². The van der Waals surface area contributed by atoms with Crippen molar-refractivity contribution in [3.63, 3.8) is 0 Å². The predicted molar refractivity (Wildman–Crippen MR) is 145 cm³/mol. The summed E-state index contributed by atoms with van der Waals surface area (Å²) >= 11 is 6.12. The van der Waals surface area contributed by atoms with Crippen molar-refractivity contribution in [2.45, 2.75) is 24.5 Å². The zero-order valence-electron chi connectivity index (χ0n) is 21.4. The normalized spacial score (nSPS) is 15.9. The van der Waals surface area contributed by atoms with E-state index >= 15 is 0 Å². The number of ether oxygens (including phenoxy) is 3. The Bertz CT molecular complexity index is 1290. The Kier molecular flexibility index (Phi) is 9.10. The van der Waals surface area contributed by atoms with Gasteiger partial charge in [0.2, 0.25) is 10.0 Å².